The van der Waals surface area contributed by atoms with Gasteiger partial charge in [0.1, 0.15) is 0 Å². The van der Waals surface area contributed by atoms with Gasteiger partial charge >= 0.3 is 12.1 Å². The number of carboxylic acids is 1. The molecule has 0 radical (unpaired) electrons. The molecule has 1 fully saturated rings. The second-order valence-electron chi connectivity index (χ2n) is 7.68. The molecule has 34 heavy (non-hydrogen) atoms. The molecular formula is C21H26F3N5O4S. The Labute approximate surface area is 197 Å². The number of ketones is 1. The van der Waals surface area contributed by atoms with E-state index < -0.39 is 18.2 Å². The van der Waals surface area contributed by atoms with Crippen molar-refractivity contribution in [3.05, 3.63) is 29.3 Å². The number of guanidine groups is 1. The van der Waals surface area contributed by atoms with Crippen LogP contribution in [-0.2, 0) is 9.59 Å². The van der Waals surface area contributed by atoms with Crippen LogP contribution in [0.1, 0.15) is 48.3 Å². The minimum absolute atomic E-state index is 0.00557. The number of aliphatic carboxylic acids is 1. The van der Waals surface area contributed by atoms with Crippen LogP contribution in [0.2, 0.25) is 0 Å². The topological polar surface area (TPSA) is 158 Å². The van der Waals surface area contributed by atoms with Crippen molar-refractivity contribution in [1.82, 2.24) is 15.6 Å². The van der Waals surface area contributed by atoms with E-state index in [1.165, 1.54) is 11.3 Å². The van der Waals surface area contributed by atoms with Gasteiger partial charge in [0.2, 0.25) is 11.7 Å². The highest BCUT2D eigenvalue weighted by Gasteiger charge is 2.38. The van der Waals surface area contributed by atoms with Crippen molar-refractivity contribution in [2.24, 2.45) is 11.7 Å². The predicted octanol–water partition coefficient (Wildman–Crippen LogP) is 3.05. The standard InChI is InChI=1S/C19H25N5O2S.C2HF3O2/c20-19(21)22-11-5-9-14(23-17(26)12-6-1-2-7-12)16(25)18-24-13-8-3-4-10-15(13)27-18;3-2(4,5)1(6)7/h3-4,8,10,12,14H,1-2,5-7,9,11H2,(H,23,26)(H4,20,21,22);(H,6,7)/t14-;/m0./s1. The van der Waals surface area contributed by atoms with E-state index in [9.17, 15) is 22.8 Å². The number of fused-ring (bicyclic) bond motifs is 1. The minimum atomic E-state index is -5.08. The number of halogens is 3. The highest BCUT2D eigenvalue weighted by molar-refractivity contribution is 7.20. The van der Waals surface area contributed by atoms with E-state index in [1.807, 2.05) is 24.3 Å². The van der Waals surface area contributed by atoms with Crippen molar-refractivity contribution in [2.45, 2.75) is 50.7 Å². The summed E-state index contributed by atoms with van der Waals surface area (Å²) < 4.78 is 32.7. The SMILES string of the molecule is N=C(N)NCCC[C@H](NC(=O)C1CCCC1)C(=O)c1nc2ccccc2s1.O=C(O)C(F)(F)F. The molecule has 1 aliphatic carbocycles. The maximum absolute atomic E-state index is 13.0. The second-order valence-corrected chi connectivity index (χ2v) is 8.71. The van der Waals surface area contributed by atoms with Crippen molar-refractivity contribution in [3.8, 4) is 0 Å². The van der Waals surface area contributed by atoms with Crippen LogP contribution in [0.3, 0.4) is 0 Å². The van der Waals surface area contributed by atoms with Gasteiger partial charge in [0.25, 0.3) is 0 Å². The lowest BCUT2D eigenvalue weighted by Gasteiger charge is -2.19. The molecule has 6 N–H and O–H groups in total. The van der Waals surface area contributed by atoms with Crippen LogP contribution in [0.5, 0.6) is 0 Å². The number of para-hydroxylation sites is 1. The molecule has 1 aromatic heterocycles. The molecule has 3 rings (SSSR count). The Bertz CT molecular complexity index is 988. The van der Waals surface area contributed by atoms with Gasteiger partial charge in [0.15, 0.2) is 11.0 Å². The van der Waals surface area contributed by atoms with Crippen LogP contribution < -0.4 is 16.4 Å². The molecule has 0 unspecified atom stereocenters. The zero-order chi connectivity index (χ0) is 25.3. The van der Waals surface area contributed by atoms with E-state index in [0.717, 1.165) is 35.9 Å². The number of Topliss-reactive ketones (excluding diaryl/α,β-unsaturated/α-hetero) is 1. The van der Waals surface area contributed by atoms with E-state index in [2.05, 4.69) is 15.6 Å². The molecule has 1 aliphatic rings. The predicted molar refractivity (Wildman–Crippen MR) is 121 cm³/mol. The number of carboxylic acid groups (broad SMARTS) is 1. The van der Waals surface area contributed by atoms with Gasteiger partial charge in [-0.05, 0) is 37.8 Å². The lowest BCUT2D eigenvalue weighted by molar-refractivity contribution is -0.192. The van der Waals surface area contributed by atoms with Crippen molar-refractivity contribution in [2.75, 3.05) is 6.54 Å². The number of hydrogen-bond donors (Lipinski definition) is 5. The third kappa shape index (κ3) is 8.28. The first-order chi connectivity index (χ1) is 16.0. The van der Waals surface area contributed by atoms with Crippen LogP contribution in [0.4, 0.5) is 13.2 Å². The van der Waals surface area contributed by atoms with Crippen LogP contribution >= 0.6 is 11.3 Å². The van der Waals surface area contributed by atoms with E-state index in [1.54, 1.807) is 0 Å². The van der Waals surface area contributed by atoms with Crippen molar-refractivity contribution in [3.63, 3.8) is 0 Å². The van der Waals surface area contributed by atoms with Gasteiger partial charge in [0.05, 0.1) is 16.3 Å². The molecule has 0 spiro atoms. The first kappa shape index (κ1) is 27.0. The van der Waals surface area contributed by atoms with Crippen molar-refractivity contribution < 1.29 is 32.7 Å². The molecule has 2 aromatic rings. The second kappa shape index (κ2) is 12.3. The third-order valence-electron chi connectivity index (χ3n) is 5.09. The Morgan fingerprint density at radius 1 is 1.24 bits per heavy atom. The number of carbonyl (C=O) groups is 3. The number of benzene rings is 1. The highest BCUT2D eigenvalue weighted by atomic mass is 32.1. The molecule has 0 bridgehead atoms. The van der Waals surface area contributed by atoms with Crippen molar-refractivity contribution in [1.29, 1.82) is 5.41 Å². The average Bonchev–Trinajstić information content (AvgIpc) is 3.45. The first-order valence-corrected chi connectivity index (χ1v) is 11.4. The Kier molecular flexibility index (Phi) is 9.78. The lowest BCUT2D eigenvalue weighted by Crippen LogP contribution is -2.43. The summed E-state index contributed by atoms with van der Waals surface area (Å²) in [5.74, 6) is -3.03. The summed E-state index contributed by atoms with van der Waals surface area (Å²) in [5, 5.41) is 20.4. The third-order valence-corrected chi connectivity index (χ3v) is 6.14. The molecule has 0 aliphatic heterocycles. The Morgan fingerprint density at radius 2 is 1.85 bits per heavy atom. The number of amides is 1. The number of hydrogen-bond acceptors (Lipinski definition) is 6. The van der Waals surface area contributed by atoms with Crippen LogP contribution in [0.15, 0.2) is 24.3 Å². The molecule has 1 amide bonds. The van der Waals surface area contributed by atoms with Gasteiger partial charge in [-0.15, -0.1) is 11.3 Å². The van der Waals surface area contributed by atoms with Gasteiger partial charge in [-0.1, -0.05) is 25.0 Å². The van der Waals surface area contributed by atoms with Gasteiger partial charge in [-0.2, -0.15) is 13.2 Å². The molecule has 9 nitrogen and oxygen atoms in total. The van der Waals surface area contributed by atoms with Gasteiger partial charge < -0.3 is 21.5 Å². The number of rotatable bonds is 8. The summed E-state index contributed by atoms with van der Waals surface area (Å²) >= 11 is 1.36. The molecule has 1 aromatic carbocycles. The summed E-state index contributed by atoms with van der Waals surface area (Å²) in [4.78, 5) is 38.9. The van der Waals surface area contributed by atoms with Crippen LogP contribution in [0.25, 0.3) is 10.2 Å². The average molecular weight is 502 g/mol. The summed E-state index contributed by atoms with van der Waals surface area (Å²) in [6.45, 7) is 0.484. The molecule has 186 valence electrons. The Balaban J connectivity index is 0.000000509. The maximum atomic E-state index is 13.0. The van der Waals surface area contributed by atoms with Crippen LogP contribution in [-0.4, -0.2) is 52.5 Å². The van der Waals surface area contributed by atoms with Gasteiger partial charge in [-0.25, -0.2) is 9.78 Å². The minimum Gasteiger partial charge on any atom is -0.475 e. The largest absolute Gasteiger partial charge is 0.490 e. The smallest absolute Gasteiger partial charge is 0.475 e. The summed E-state index contributed by atoms with van der Waals surface area (Å²) in [5.41, 5.74) is 6.09. The lowest BCUT2D eigenvalue weighted by atomic mass is 10.0. The Hall–Kier alpha value is -3.22. The number of nitrogens with one attached hydrogen (secondary N) is 3. The molecular weight excluding hydrogens is 475 g/mol. The van der Waals surface area contributed by atoms with Gasteiger partial charge in [-0.3, -0.25) is 15.0 Å². The van der Waals surface area contributed by atoms with E-state index in [4.69, 9.17) is 21.0 Å². The molecule has 1 heterocycles. The zero-order valence-corrected chi connectivity index (χ0v) is 19.0. The normalized spacial score (nSPS) is 14.7. The Morgan fingerprint density at radius 3 is 2.41 bits per heavy atom. The highest BCUT2D eigenvalue weighted by Crippen LogP contribution is 2.26. The number of nitrogens with two attached hydrogens (primary N) is 1. The summed E-state index contributed by atoms with van der Waals surface area (Å²) in [7, 11) is 0. The molecule has 0 saturated heterocycles. The van der Waals surface area contributed by atoms with Crippen LogP contribution in [0, 0.1) is 11.3 Å². The zero-order valence-electron chi connectivity index (χ0n) is 18.2. The maximum Gasteiger partial charge on any atom is 0.490 e. The number of nitrogens with zero attached hydrogens (tertiary/aromatic N) is 1. The number of alkyl halides is 3. The molecule has 13 heteroatoms. The number of carbonyl (C=O) groups excluding carboxylic acids is 2. The van der Waals surface area contributed by atoms with E-state index in [0.29, 0.717) is 24.4 Å². The van der Waals surface area contributed by atoms with E-state index in [-0.39, 0.29) is 23.6 Å². The fourth-order valence-corrected chi connectivity index (χ4v) is 4.36. The van der Waals surface area contributed by atoms with Gasteiger partial charge in [0, 0.05) is 12.5 Å². The number of aromatic nitrogens is 1. The first-order valence-electron chi connectivity index (χ1n) is 10.6. The quantitative estimate of drug-likeness (QED) is 0.161. The molecule has 1 saturated carbocycles. The van der Waals surface area contributed by atoms with Crippen molar-refractivity contribution >= 4 is 45.2 Å². The number of thiazole rings is 1. The fraction of sp³-hybridized carbons (Fsp3) is 0.476. The summed E-state index contributed by atoms with van der Waals surface area (Å²) in [6.07, 6.45) is -0.0763. The molecule has 1 atom stereocenters. The summed E-state index contributed by atoms with van der Waals surface area (Å²) in [6, 6.07) is 7.02. The fourth-order valence-electron chi connectivity index (χ4n) is 3.40. The monoisotopic (exact) mass is 501 g/mol. The van der Waals surface area contributed by atoms with E-state index >= 15 is 0 Å².